The molecule has 0 aliphatic rings. The van der Waals surface area contributed by atoms with E-state index in [2.05, 4.69) is 10.5 Å². The van der Waals surface area contributed by atoms with Gasteiger partial charge in [-0.3, -0.25) is 4.79 Å². The first-order valence-electron chi connectivity index (χ1n) is 8.90. The number of rotatable bonds is 7. The summed E-state index contributed by atoms with van der Waals surface area (Å²) in [5.74, 6) is 0.734. The fraction of sp³-hybridized carbons (Fsp3) is 0.0909. The average Bonchev–Trinajstić information content (AvgIpc) is 2.75. The number of benzene rings is 3. The maximum Gasteiger partial charge on any atom is 0.271 e. The van der Waals surface area contributed by atoms with Gasteiger partial charge < -0.3 is 15.2 Å². The zero-order chi connectivity index (χ0) is 21.5. The third-order valence-corrected chi connectivity index (χ3v) is 4.83. The van der Waals surface area contributed by atoms with Crippen molar-refractivity contribution >= 4 is 41.0 Å². The Kier molecular flexibility index (Phi) is 7.17. The van der Waals surface area contributed by atoms with E-state index in [0.717, 1.165) is 11.1 Å². The normalized spacial score (nSPS) is 10.8. The number of nitrogens with two attached hydrogens (primary N) is 1. The topological polar surface area (TPSA) is 85.9 Å². The molecular weight excluding hydrogens is 425 g/mol. The van der Waals surface area contributed by atoms with Crippen LogP contribution in [0.1, 0.15) is 21.5 Å². The summed E-state index contributed by atoms with van der Waals surface area (Å²) in [6.45, 7) is 0.303. The second-order valence-electron chi connectivity index (χ2n) is 6.27. The Balaban J connectivity index is 1.63. The lowest BCUT2D eigenvalue weighted by molar-refractivity contribution is 0.0955. The Hall–Kier alpha value is -3.22. The Morgan fingerprint density at radius 1 is 1.07 bits per heavy atom. The molecule has 30 heavy (non-hydrogen) atoms. The van der Waals surface area contributed by atoms with Crippen molar-refractivity contribution in [1.29, 1.82) is 0 Å². The second kappa shape index (κ2) is 10.0. The molecule has 0 aliphatic heterocycles. The van der Waals surface area contributed by atoms with E-state index < -0.39 is 0 Å². The Labute approximate surface area is 184 Å². The van der Waals surface area contributed by atoms with Crippen LogP contribution in [-0.2, 0) is 6.61 Å². The van der Waals surface area contributed by atoms with Crippen molar-refractivity contribution in [1.82, 2.24) is 5.43 Å². The van der Waals surface area contributed by atoms with Gasteiger partial charge in [0.05, 0.1) is 23.4 Å². The van der Waals surface area contributed by atoms with Crippen LogP contribution < -0.4 is 20.6 Å². The average molecular weight is 444 g/mol. The number of carbonyl (C=O) groups excluding carboxylic acids is 1. The minimum Gasteiger partial charge on any atom is -0.493 e. The van der Waals surface area contributed by atoms with Crippen LogP contribution in [0.3, 0.4) is 0 Å². The highest BCUT2D eigenvalue weighted by molar-refractivity contribution is 6.42. The molecule has 0 bridgehead atoms. The molecule has 0 atom stereocenters. The van der Waals surface area contributed by atoms with Crippen LogP contribution >= 0.6 is 23.2 Å². The molecule has 0 saturated heterocycles. The minimum atomic E-state index is -0.355. The van der Waals surface area contributed by atoms with Gasteiger partial charge in [-0.05, 0) is 59.7 Å². The smallest absolute Gasteiger partial charge is 0.271 e. The monoisotopic (exact) mass is 443 g/mol. The van der Waals surface area contributed by atoms with E-state index in [0.29, 0.717) is 39.4 Å². The lowest BCUT2D eigenvalue weighted by Crippen LogP contribution is -2.17. The number of ether oxygens (including phenoxy) is 2. The number of carbonyl (C=O) groups is 1. The third-order valence-electron chi connectivity index (χ3n) is 4.09. The molecule has 3 rings (SSSR count). The van der Waals surface area contributed by atoms with Crippen molar-refractivity contribution in [2.24, 2.45) is 5.10 Å². The number of nitrogen functional groups attached to an aromatic ring is 1. The highest BCUT2D eigenvalue weighted by atomic mass is 35.5. The molecule has 8 heteroatoms. The predicted octanol–water partition coefficient (Wildman–Crippen LogP) is 4.93. The fourth-order valence-electron chi connectivity index (χ4n) is 2.58. The summed E-state index contributed by atoms with van der Waals surface area (Å²) in [4.78, 5) is 12.1. The highest BCUT2D eigenvalue weighted by Crippen LogP contribution is 2.29. The fourth-order valence-corrected chi connectivity index (χ4v) is 2.90. The van der Waals surface area contributed by atoms with E-state index in [-0.39, 0.29) is 5.91 Å². The quantitative estimate of drug-likeness (QED) is 0.308. The molecule has 0 unspecified atom stereocenters. The van der Waals surface area contributed by atoms with Crippen LogP contribution in [0, 0.1) is 0 Å². The Morgan fingerprint density at radius 2 is 1.90 bits per heavy atom. The summed E-state index contributed by atoms with van der Waals surface area (Å²) in [6, 6.07) is 17.3. The van der Waals surface area contributed by atoms with Gasteiger partial charge in [0, 0.05) is 11.3 Å². The van der Waals surface area contributed by atoms with Gasteiger partial charge in [0.25, 0.3) is 5.91 Å². The van der Waals surface area contributed by atoms with Crippen molar-refractivity contribution in [3.8, 4) is 11.5 Å². The molecule has 6 nitrogen and oxygen atoms in total. The molecule has 3 aromatic carbocycles. The minimum absolute atomic E-state index is 0.303. The number of nitrogens with zero attached hydrogens (tertiary/aromatic N) is 1. The first kappa shape index (κ1) is 21.5. The summed E-state index contributed by atoms with van der Waals surface area (Å²) in [5, 5.41) is 4.93. The zero-order valence-electron chi connectivity index (χ0n) is 16.1. The summed E-state index contributed by atoms with van der Waals surface area (Å²) >= 11 is 12.0. The molecule has 3 aromatic rings. The molecule has 0 saturated carbocycles. The van der Waals surface area contributed by atoms with E-state index in [1.807, 2.05) is 6.07 Å². The lowest BCUT2D eigenvalue weighted by atomic mass is 10.2. The molecule has 154 valence electrons. The third kappa shape index (κ3) is 5.65. The van der Waals surface area contributed by atoms with Crippen molar-refractivity contribution in [2.75, 3.05) is 12.8 Å². The van der Waals surface area contributed by atoms with Gasteiger partial charge in [0.1, 0.15) is 6.61 Å². The van der Waals surface area contributed by atoms with Crippen LogP contribution in [0.25, 0.3) is 0 Å². The summed E-state index contributed by atoms with van der Waals surface area (Å²) < 4.78 is 11.2. The Morgan fingerprint density at radius 3 is 2.63 bits per heavy atom. The summed E-state index contributed by atoms with van der Waals surface area (Å²) in [5.41, 5.74) is 10.7. The van der Waals surface area contributed by atoms with Gasteiger partial charge in [-0.1, -0.05) is 35.3 Å². The first-order chi connectivity index (χ1) is 14.5. The van der Waals surface area contributed by atoms with Crippen LogP contribution in [0.2, 0.25) is 10.0 Å². The van der Waals surface area contributed by atoms with E-state index in [4.69, 9.17) is 38.4 Å². The van der Waals surface area contributed by atoms with Crippen LogP contribution in [0.5, 0.6) is 11.5 Å². The largest absolute Gasteiger partial charge is 0.493 e. The second-order valence-corrected chi connectivity index (χ2v) is 7.09. The van der Waals surface area contributed by atoms with Crippen molar-refractivity contribution < 1.29 is 14.3 Å². The standard InChI is InChI=1S/C22H19Cl2N3O3/c1-29-21-10-14(12-26-27-22(28)16-3-2-4-17(25)11-16)6-8-20(21)30-13-15-5-7-18(23)19(24)9-15/h2-12H,13,25H2,1H3,(H,27,28)/b26-12-. The number of anilines is 1. The molecule has 0 aliphatic carbocycles. The van der Waals surface area contributed by atoms with Crippen molar-refractivity contribution in [2.45, 2.75) is 6.61 Å². The number of hydrogen-bond donors (Lipinski definition) is 2. The Bertz CT molecular complexity index is 1090. The number of hydrogen-bond acceptors (Lipinski definition) is 5. The molecular formula is C22H19Cl2N3O3. The molecule has 0 fully saturated rings. The molecule has 0 aromatic heterocycles. The van der Waals surface area contributed by atoms with E-state index >= 15 is 0 Å². The lowest BCUT2D eigenvalue weighted by Gasteiger charge is -2.11. The van der Waals surface area contributed by atoms with Gasteiger partial charge in [-0.15, -0.1) is 0 Å². The van der Waals surface area contributed by atoms with E-state index in [1.54, 1.807) is 61.7 Å². The zero-order valence-corrected chi connectivity index (χ0v) is 17.6. The molecule has 0 radical (unpaired) electrons. The van der Waals surface area contributed by atoms with Gasteiger partial charge >= 0.3 is 0 Å². The van der Waals surface area contributed by atoms with Gasteiger partial charge in [-0.2, -0.15) is 5.10 Å². The van der Waals surface area contributed by atoms with Crippen LogP contribution in [-0.4, -0.2) is 19.2 Å². The maximum absolute atomic E-state index is 12.1. The molecule has 3 N–H and O–H groups in total. The summed E-state index contributed by atoms with van der Waals surface area (Å²) in [7, 11) is 1.55. The summed E-state index contributed by atoms with van der Waals surface area (Å²) in [6.07, 6.45) is 1.51. The van der Waals surface area contributed by atoms with Crippen LogP contribution in [0.4, 0.5) is 5.69 Å². The van der Waals surface area contributed by atoms with Gasteiger partial charge in [0.2, 0.25) is 0 Å². The van der Waals surface area contributed by atoms with Crippen molar-refractivity contribution in [3.05, 3.63) is 87.4 Å². The number of halogens is 2. The molecule has 0 heterocycles. The number of nitrogens with one attached hydrogen (secondary N) is 1. The van der Waals surface area contributed by atoms with Gasteiger partial charge in [-0.25, -0.2) is 5.43 Å². The molecule has 0 spiro atoms. The number of amides is 1. The maximum atomic E-state index is 12.1. The van der Waals surface area contributed by atoms with Gasteiger partial charge in [0.15, 0.2) is 11.5 Å². The van der Waals surface area contributed by atoms with Crippen molar-refractivity contribution in [3.63, 3.8) is 0 Å². The first-order valence-corrected chi connectivity index (χ1v) is 9.65. The highest BCUT2D eigenvalue weighted by Gasteiger charge is 2.08. The van der Waals surface area contributed by atoms with Crippen LogP contribution in [0.15, 0.2) is 65.8 Å². The molecule has 1 amide bonds. The van der Waals surface area contributed by atoms with E-state index in [1.165, 1.54) is 6.21 Å². The predicted molar refractivity (Wildman–Crippen MR) is 120 cm³/mol. The van der Waals surface area contributed by atoms with E-state index in [9.17, 15) is 4.79 Å². The SMILES string of the molecule is COc1cc(/C=N\NC(=O)c2cccc(N)c2)ccc1OCc1ccc(Cl)c(Cl)c1. The number of methoxy groups -OCH3 is 1. The number of hydrazone groups is 1.